The Kier molecular flexibility index (Phi) is 4.52. The van der Waals surface area contributed by atoms with E-state index in [9.17, 15) is 0 Å². The van der Waals surface area contributed by atoms with E-state index >= 15 is 0 Å². The van der Waals surface area contributed by atoms with Gasteiger partial charge in [0.1, 0.15) is 0 Å². The molecule has 1 aromatic heterocycles. The van der Waals surface area contributed by atoms with Crippen molar-refractivity contribution in [2.45, 2.75) is 38.3 Å². The maximum absolute atomic E-state index is 5.54. The van der Waals surface area contributed by atoms with Crippen molar-refractivity contribution in [2.24, 2.45) is 5.41 Å². The Morgan fingerprint density at radius 3 is 2.74 bits per heavy atom. The third-order valence-electron chi connectivity index (χ3n) is 4.43. The van der Waals surface area contributed by atoms with Crippen LogP contribution in [0.4, 0.5) is 0 Å². The zero-order valence-electron chi connectivity index (χ0n) is 11.4. The number of hydrogen-bond acceptors (Lipinski definition) is 4. The first kappa shape index (κ1) is 13.9. The minimum absolute atomic E-state index is 0.376. The van der Waals surface area contributed by atoms with E-state index in [-0.39, 0.29) is 0 Å². The van der Waals surface area contributed by atoms with Crippen LogP contribution in [0.2, 0.25) is 0 Å². The Bertz CT molecular complexity index is 383. The van der Waals surface area contributed by atoms with Crippen molar-refractivity contribution in [1.82, 2.24) is 4.90 Å². The summed E-state index contributed by atoms with van der Waals surface area (Å²) in [6.45, 7) is 4.15. The van der Waals surface area contributed by atoms with Gasteiger partial charge in [-0.1, -0.05) is 6.07 Å². The maximum Gasteiger partial charge on any atom is 0.0472 e. The summed E-state index contributed by atoms with van der Waals surface area (Å²) in [6, 6.07) is 5.24. The summed E-state index contributed by atoms with van der Waals surface area (Å²) < 4.78 is 5.54. The molecule has 4 heteroatoms. The molecule has 2 fully saturated rings. The zero-order chi connectivity index (χ0) is 13.1. The van der Waals surface area contributed by atoms with E-state index in [1.807, 2.05) is 11.3 Å². The van der Waals surface area contributed by atoms with Gasteiger partial charge in [0.2, 0.25) is 0 Å². The van der Waals surface area contributed by atoms with Crippen LogP contribution in [-0.2, 0) is 11.3 Å². The van der Waals surface area contributed by atoms with Gasteiger partial charge in [-0.3, -0.25) is 4.90 Å². The highest BCUT2D eigenvalue weighted by atomic mass is 32.1. The van der Waals surface area contributed by atoms with Crippen molar-refractivity contribution in [3.05, 3.63) is 22.4 Å². The van der Waals surface area contributed by atoms with Crippen LogP contribution in [-0.4, -0.2) is 36.5 Å². The summed E-state index contributed by atoms with van der Waals surface area (Å²) in [5.41, 5.74) is 0.376. The molecule has 1 aliphatic heterocycles. The molecule has 106 valence electrons. The van der Waals surface area contributed by atoms with Gasteiger partial charge in [-0.25, -0.2) is 0 Å². The minimum Gasteiger partial charge on any atom is -0.381 e. The van der Waals surface area contributed by atoms with Gasteiger partial charge in [0.05, 0.1) is 0 Å². The molecule has 0 radical (unpaired) electrons. The van der Waals surface area contributed by atoms with Gasteiger partial charge in [0.15, 0.2) is 0 Å². The van der Waals surface area contributed by atoms with E-state index in [0.717, 1.165) is 31.6 Å². The molecule has 0 atom stereocenters. The molecule has 1 aromatic rings. The molecule has 3 rings (SSSR count). The number of ether oxygens (including phenoxy) is 1. The van der Waals surface area contributed by atoms with Crippen molar-refractivity contribution < 1.29 is 4.74 Å². The predicted octanol–water partition coefficient (Wildman–Crippen LogP) is 3.44. The van der Waals surface area contributed by atoms with Crippen LogP contribution in [0.3, 0.4) is 0 Å². The van der Waals surface area contributed by atoms with E-state index in [4.69, 9.17) is 4.74 Å². The fourth-order valence-corrected chi connectivity index (χ4v) is 4.10. The second-order valence-electron chi connectivity index (χ2n) is 5.99. The van der Waals surface area contributed by atoms with Gasteiger partial charge in [-0.05, 0) is 48.3 Å². The van der Waals surface area contributed by atoms with Crippen LogP contribution in [0, 0.1) is 5.41 Å². The fourth-order valence-electron chi connectivity index (χ4n) is 2.96. The molecule has 19 heavy (non-hydrogen) atoms. The van der Waals surface area contributed by atoms with E-state index < -0.39 is 0 Å². The largest absolute Gasteiger partial charge is 0.381 e. The third kappa shape index (κ3) is 3.54. The Hall–Kier alpha value is -0.0300. The summed E-state index contributed by atoms with van der Waals surface area (Å²) >= 11 is 6.53. The van der Waals surface area contributed by atoms with Crippen LogP contribution in [0.25, 0.3) is 0 Å². The van der Waals surface area contributed by atoms with Gasteiger partial charge in [0.25, 0.3) is 0 Å². The average Bonchev–Trinajstić information content (AvgIpc) is 3.18. The topological polar surface area (TPSA) is 12.5 Å². The Labute approximate surface area is 125 Å². The number of thiol groups is 1. The molecule has 0 unspecified atom stereocenters. The van der Waals surface area contributed by atoms with Gasteiger partial charge in [-0.2, -0.15) is 12.6 Å². The number of thiophene rings is 1. The lowest BCUT2D eigenvalue weighted by Gasteiger charge is -2.40. The number of nitrogens with zero attached hydrogens (tertiary/aromatic N) is 1. The monoisotopic (exact) mass is 297 g/mol. The van der Waals surface area contributed by atoms with Crippen molar-refractivity contribution in [1.29, 1.82) is 0 Å². The van der Waals surface area contributed by atoms with Crippen molar-refractivity contribution in [2.75, 3.05) is 25.5 Å². The van der Waals surface area contributed by atoms with Gasteiger partial charge in [-0.15, -0.1) is 11.3 Å². The minimum atomic E-state index is 0.376. The van der Waals surface area contributed by atoms with Crippen molar-refractivity contribution in [3.8, 4) is 0 Å². The summed E-state index contributed by atoms with van der Waals surface area (Å²) in [6.07, 6.45) is 5.10. The second kappa shape index (κ2) is 6.17. The zero-order valence-corrected chi connectivity index (χ0v) is 13.1. The van der Waals surface area contributed by atoms with Gasteiger partial charge >= 0.3 is 0 Å². The summed E-state index contributed by atoms with van der Waals surface area (Å²) in [4.78, 5) is 4.20. The summed E-state index contributed by atoms with van der Waals surface area (Å²) in [5, 5.41) is 2.18. The molecule has 2 nitrogen and oxygen atoms in total. The normalized spacial score (nSPS) is 22.8. The lowest BCUT2D eigenvalue weighted by atomic mass is 9.81. The van der Waals surface area contributed by atoms with Crippen LogP contribution < -0.4 is 0 Å². The number of hydrogen-bond donors (Lipinski definition) is 1. The number of rotatable bonds is 6. The molecule has 1 saturated heterocycles. The SMILES string of the molecule is SCC1(CN(Cc2cccs2)C2CC2)CCOCC1. The fraction of sp³-hybridized carbons (Fsp3) is 0.733. The Morgan fingerprint density at radius 1 is 1.37 bits per heavy atom. The molecular weight excluding hydrogens is 274 g/mol. The van der Waals surface area contributed by atoms with Crippen LogP contribution in [0.15, 0.2) is 17.5 Å². The van der Waals surface area contributed by atoms with Gasteiger partial charge in [0, 0.05) is 37.2 Å². The standard InChI is InChI=1S/C15H23NOS2/c18-12-15(5-7-17-8-6-15)11-16(13-3-4-13)10-14-2-1-9-19-14/h1-2,9,13,18H,3-8,10-12H2. The summed E-state index contributed by atoms with van der Waals surface area (Å²) in [7, 11) is 0. The first-order valence-corrected chi connectivity index (χ1v) is 8.78. The lowest BCUT2D eigenvalue weighted by molar-refractivity contribution is 0.00498. The van der Waals surface area contributed by atoms with Gasteiger partial charge < -0.3 is 4.74 Å². The third-order valence-corrected chi connectivity index (χ3v) is 5.96. The van der Waals surface area contributed by atoms with Crippen LogP contribution >= 0.6 is 24.0 Å². The predicted molar refractivity (Wildman–Crippen MR) is 84.1 cm³/mol. The Morgan fingerprint density at radius 2 is 2.16 bits per heavy atom. The summed E-state index contributed by atoms with van der Waals surface area (Å²) in [5.74, 6) is 0.990. The molecular formula is C15H23NOS2. The highest BCUT2D eigenvalue weighted by Gasteiger charge is 2.38. The lowest BCUT2D eigenvalue weighted by Crippen LogP contribution is -2.43. The van der Waals surface area contributed by atoms with E-state index in [2.05, 4.69) is 35.0 Å². The molecule has 0 aromatic carbocycles. The molecule has 1 aliphatic carbocycles. The molecule has 0 amide bonds. The van der Waals surface area contributed by atoms with E-state index in [0.29, 0.717) is 5.41 Å². The molecule has 1 saturated carbocycles. The quantitative estimate of drug-likeness (QED) is 0.808. The first-order valence-electron chi connectivity index (χ1n) is 7.26. The highest BCUT2D eigenvalue weighted by Crippen LogP contribution is 2.37. The Balaban J connectivity index is 1.66. The molecule has 2 aliphatic rings. The van der Waals surface area contributed by atoms with E-state index in [1.54, 1.807) is 0 Å². The molecule has 0 N–H and O–H groups in total. The van der Waals surface area contributed by atoms with Crippen LogP contribution in [0.1, 0.15) is 30.6 Å². The molecule has 2 heterocycles. The van der Waals surface area contributed by atoms with Crippen molar-refractivity contribution in [3.63, 3.8) is 0 Å². The van der Waals surface area contributed by atoms with Crippen LogP contribution in [0.5, 0.6) is 0 Å². The van der Waals surface area contributed by atoms with Crippen molar-refractivity contribution >= 4 is 24.0 Å². The average molecular weight is 297 g/mol. The first-order chi connectivity index (χ1) is 9.31. The molecule has 0 spiro atoms. The van der Waals surface area contributed by atoms with E-state index in [1.165, 1.54) is 37.1 Å². The molecule has 0 bridgehead atoms. The maximum atomic E-state index is 5.54. The highest BCUT2D eigenvalue weighted by molar-refractivity contribution is 7.80. The smallest absolute Gasteiger partial charge is 0.0472 e. The second-order valence-corrected chi connectivity index (χ2v) is 7.33.